The van der Waals surface area contributed by atoms with E-state index in [1.54, 1.807) is 14.2 Å². The Balaban J connectivity index is 1.69. The predicted molar refractivity (Wildman–Crippen MR) is 112 cm³/mol. The van der Waals surface area contributed by atoms with E-state index in [9.17, 15) is 5.11 Å². The number of hydrogen-bond donors (Lipinski definition) is 1. The van der Waals surface area contributed by atoms with Gasteiger partial charge in [-0.1, -0.05) is 6.07 Å². The van der Waals surface area contributed by atoms with Crippen LogP contribution in [0.4, 0.5) is 0 Å². The molecule has 1 saturated heterocycles. The lowest BCUT2D eigenvalue weighted by Gasteiger charge is -2.41. The molecule has 2 aromatic carbocycles. The van der Waals surface area contributed by atoms with Gasteiger partial charge >= 0.3 is 0 Å². The van der Waals surface area contributed by atoms with E-state index in [0.29, 0.717) is 28.6 Å². The molecule has 3 aromatic rings. The number of rotatable bonds is 3. The van der Waals surface area contributed by atoms with Crippen molar-refractivity contribution in [2.45, 2.75) is 37.6 Å². The van der Waals surface area contributed by atoms with Crippen molar-refractivity contribution in [1.29, 1.82) is 0 Å². The number of methoxy groups -OCH3 is 2. The van der Waals surface area contributed by atoms with E-state index in [-0.39, 0.29) is 12.9 Å². The van der Waals surface area contributed by atoms with Crippen LogP contribution in [0.5, 0.6) is 23.0 Å². The Kier molecular flexibility index (Phi) is 3.91. The number of aromatic nitrogens is 1. The number of pyridine rings is 1. The van der Waals surface area contributed by atoms with Gasteiger partial charge < -0.3 is 28.8 Å². The van der Waals surface area contributed by atoms with Gasteiger partial charge in [-0.05, 0) is 49.6 Å². The van der Waals surface area contributed by atoms with Crippen molar-refractivity contribution in [3.05, 3.63) is 52.7 Å². The van der Waals surface area contributed by atoms with E-state index < -0.39 is 11.7 Å². The van der Waals surface area contributed by atoms with E-state index in [2.05, 4.69) is 0 Å². The summed E-state index contributed by atoms with van der Waals surface area (Å²) < 4.78 is 29.0. The fraction of sp³-hybridized carbons (Fsp3) is 0.375. The summed E-state index contributed by atoms with van der Waals surface area (Å²) in [4.78, 5) is 4.73. The maximum absolute atomic E-state index is 12.3. The summed E-state index contributed by atoms with van der Waals surface area (Å²) in [7, 11) is 3.20. The van der Waals surface area contributed by atoms with Crippen LogP contribution in [0.25, 0.3) is 10.9 Å². The van der Waals surface area contributed by atoms with Crippen LogP contribution in [0.2, 0.25) is 0 Å². The molecule has 4 heterocycles. The Bertz CT molecular complexity index is 1220. The molecule has 7 heteroatoms. The van der Waals surface area contributed by atoms with Crippen LogP contribution in [0.1, 0.15) is 41.3 Å². The van der Waals surface area contributed by atoms with Crippen molar-refractivity contribution in [2.75, 3.05) is 21.0 Å². The topological polar surface area (TPSA) is 79.3 Å². The normalized spacial score (nSPS) is 25.5. The highest BCUT2D eigenvalue weighted by molar-refractivity contribution is 5.93. The molecule has 1 aromatic heterocycles. The molecule has 0 radical (unpaired) electrons. The van der Waals surface area contributed by atoms with E-state index >= 15 is 0 Å². The Morgan fingerprint density at radius 1 is 1.03 bits per heavy atom. The Hall–Kier alpha value is -3.03. The molecular formula is C24H23NO6. The average molecular weight is 421 g/mol. The smallest absolute Gasteiger partial charge is 0.231 e. The van der Waals surface area contributed by atoms with Gasteiger partial charge in [0.15, 0.2) is 11.5 Å². The van der Waals surface area contributed by atoms with Crippen LogP contribution in [0, 0.1) is 6.92 Å². The van der Waals surface area contributed by atoms with Crippen molar-refractivity contribution >= 4 is 10.9 Å². The second kappa shape index (κ2) is 6.48. The van der Waals surface area contributed by atoms with Crippen molar-refractivity contribution in [3.63, 3.8) is 0 Å². The van der Waals surface area contributed by atoms with E-state index in [0.717, 1.165) is 40.6 Å². The summed E-state index contributed by atoms with van der Waals surface area (Å²) in [6, 6.07) is 9.35. The average Bonchev–Trinajstić information content (AvgIpc) is 3.46. The van der Waals surface area contributed by atoms with E-state index in [1.807, 2.05) is 37.3 Å². The SMILES string of the molecule is COc1ccc(OC)c([C@]2(O)c3ccc4nc(C)c5c(c4c3[C@@H]3CC[C@H]2O3)OCO5)c1. The number of aliphatic hydroxyl groups is 1. The summed E-state index contributed by atoms with van der Waals surface area (Å²) in [5.74, 6) is 2.55. The van der Waals surface area contributed by atoms with Gasteiger partial charge in [-0.25, -0.2) is 4.98 Å². The molecule has 2 bridgehead atoms. The first-order valence-corrected chi connectivity index (χ1v) is 10.4. The maximum Gasteiger partial charge on any atom is 0.231 e. The minimum atomic E-state index is -1.41. The van der Waals surface area contributed by atoms with Crippen molar-refractivity contribution in [2.24, 2.45) is 0 Å². The first-order valence-electron chi connectivity index (χ1n) is 10.4. The molecular weight excluding hydrogens is 398 g/mol. The van der Waals surface area contributed by atoms with Crippen molar-refractivity contribution < 1.29 is 28.8 Å². The molecule has 0 amide bonds. The fourth-order valence-electron chi connectivity index (χ4n) is 5.33. The van der Waals surface area contributed by atoms with Crippen LogP contribution >= 0.6 is 0 Å². The molecule has 0 unspecified atom stereocenters. The summed E-state index contributed by atoms with van der Waals surface area (Å²) in [5.41, 5.74) is 2.49. The van der Waals surface area contributed by atoms with Crippen LogP contribution in [0.15, 0.2) is 30.3 Å². The molecule has 1 N–H and O–H groups in total. The number of ether oxygens (including phenoxy) is 5. The fourth-order valence-corrected chi connectivity index (χ4v) is 5.33. The molecule has 0 saturated carbocycles. The molecule has 7 nitrogen and oxygen atoms in total. The Labute approximate surface area is 179 Å². The number of aryl methyl sites for hydroxylation is 1. The van der Waals surface area contributed by atoms with Gasteiger partial charge in [-0.15, -0.1) is 0 Å². The zero-order valence-electron chi connectivity index (χ0n) is 17.6. The number of benzene rings is 2. The third-order valence-corrected chi connectivity index (χ3v) is 6.72. The third-order valence-electron chi connectivity index (χ3n) is 6.72. The highest BCUT2D eigenvalue weighted by Crippen LogP contribution is 2.57. The molecule has 31 heavy (non-hydrogen) atoms. The molecule has 0 aliphatic carbocycles. The quantitative estimate of drug-likeness (QED) is 0.690. The molecule has 1 fully saturated rings. The predicted octanol–water partition coefficient (Wildman–Crippen LogP) is 3.76. The van der Waals surface area contributed by atoms with Gasteiger partial charge in [0.25, 0.3) is 0 Å². The van der Waals surface area contributed by atoms with Crippen LogP contribution < -0.4 is 18.9 Å². The lowest BCUT2D eigenvalue weighted by molar-refractivity contribution is -0.102. The maximum atomic E-state index is 12.3. The zero-order chi connectivity index (χ0) is 21.3. The van der Waals surface area contributed by atoms with Crippen molar-refractivity contribution in [1.82, 2.24) is 4.98 Å². The summed E-state index contributed by atoms with van der Waals surface area (Å²) in [6.45, 7) is 2.06. The highest BCUT2D eigenvalue weighted by Gasteiger charge is 2.54. The van der Waals surface area contributed by atoms with Crippen LogP contribution in [-0.2, 0) is 10.3 Å². The lowest BCUT2D eigenvalue weighted by atomic mass is 9.77. The standard InChI is InChI=1S/C24H23NO6/c1-12-22-23(30-11-29-22)21-16(25-12)6-5-14-20(21)18-8-9-19(31-18)24(14,26)15-10-13(27-2)4-7-17(15)28-3/h4-7,10,18-19,26H,8-9,11H2,1-3H3/t18-,19+,24+/m0/s1. The van der Waals surface area contributed by atoms with Crippen LogP contribution in [-0.4, -0.2) is 37.2 Å². The van der Waals surface area contributed by atoms with Crippen molar-refractivity contribution in [3.8, 4) is 23.0 Å². The van der Waals surface area contributed by atoms with Gasteiger partial charge in [-0.3, -0.25) is 0 Å². The van der Waals surface area contributed by atoms with Gasteiger partial charge in [0.1, 0.15) is 17.1 Å². The molecule has 6 rings (SSSR count). The van der Waals surface area contributed by atoms with E-state index in [1.165, 1.54) is 0 Å². The molecule has 3 atom stereocenters. The first-order chi connectivity index (χ1) is 15.1. The van der Waals surface area contributed by atoms with Gasteiger partial charge in [0, 0.05) is 11.1 Å². The largest absolute Gasteiger partial charge is 0.497 e. The molecule has 160 valence electrons. The number of nitrogens with zero attached hydrogens (tertiary/aromatic N) is 1. The number of hydrogen-bond acceptors (Lipinski definition) is 7. The number of fused-ring (bicyclic) bond motifs is 8. The molecule has 3 aliphatic heterocycles. The minimum Gasteiger partial charge on any atom is -0.497 e. The van der Waals surface area contributed by atoms with Gasteiger partial charge in [0.05, 0.1) is 43.0 Å². The highest BCUT2D eigenvalue weighted by atomic mass is 16.7. The first kappa shape index (κ1) is 18.7. The second-order valence-corrected chi connectivity index (χ2v) is 8.21. The summed E-state index contributed by atoms with van der Waals surface area (Å²) in [5, 5.41) is 13.2. The lowest BCUT2D eigenvalue weighted by Crippen LogP contribution is -2.44. The Morgan fingerprint density at radius 3 is 2.68 bits per heavy atom. The molecule has 3 aliphatic rings. The van der Waals surface area contributed by atoms with Gasteiger partial charge in [-0.2, -0.15) is 0 Å². The molecule has 0 spiro atoms. The zero-order valence-corrected chi connectivity index (χ0v) is 17.6. The van der Waals surface area contributed by atoms with Crippen LogP contribution in [0.3, 0.4) is 0 Å². The summed E-state index contributed by atoms with van der Waals surface area (Å²) in [6.07, 6.45) is 0.983. The minimum absolute atomic E-state index is 0.140. The third kappa shape index (κ3) is 2.38. The van der Waals surface area contributed by atoms with E-state index in [4.69, 9.17) is 28.7 Å². The second-order valence-electron chi connectivity index (χ2n) is 8.21. The van der Waals surface area contributed by atoms with Gasteiger partial charge in [0.2, 0.25) is 6.79 Å². The summed E-state index contributed by atoms with van der Waals surface area (Å²) >= 11 is 0. The monoisotopic (exact) mass is 421 g/mol. The Morgan fingerprint density at radius 2 is 1.87 bits per heavy atom.